The molecule has 1 aliphatic heterocycles. The Balaban J connectivity index is 0.000000360. The van der Waals surface area contributed by atoms with E-state index in [4.69, 9.17) is 14.6 Å². The number of alkyl halides is 3. The Kier molecular flexibility index (Phi) is 7.17. The molecule has 1 fully saturated rings. The van der Waals surface area contributed by atoms with Crippen LogP contribution < -0.4 is 0 Å². The van der Waals surface area contributed by atoms with Crippen LogP contribution in [-0.2, 0) is 23.0 Å². The van der Waals surface area contributed by atoms with E-state index < -0.39 is 18.0 Å². The molecule has 0 spiro atoms. The predicted octanol–water partition coefficient (Wildman–Crippen LogP) is 3.36. The van der Waals surface area contributed by atoms with Crippen LogP contribution in [0.1, 0.15) is 40.5 Å². The molecule has 0 radical (unpaired) electrons. The van der Waals surface area contributed by atoms with Crippen LogP contribution in [0, 0.1) is 11.7 Å². The summed E-state index contributed by atoms with van der Waals surface area (Å²) >= 11 is 0. The van der Waals surface area contributed by atoms with Crippen LogP contribution in [0.4, 0.5) is 17.6 Å². The van der Waals surface area contributed by atoms with Gasteiger partial charge in [-0.1, -0.05) is 12.1 Å². The third kappa shape index (κ3) is 5.64. The highest BCUT2D eigenvalue weighted by molar-refractivity contribution is 5.95. The van der Waals surface area contributed by atoms with E-state index in [0.717, 1.165) is 24.3 Å². The van der Waals surface area contributed by atoms with Crippen LogP contribution in [0.25, 0.3) is 0 Å². The number of fused-ring (bicyclic) bond motifs is 1. The molecule has 2 aromatic rings. The fourth-order valence-electron chi connectivity index (χ4n) is 3.49. The highest BCUT2D eigenvalue weighted by Gasteiger charge is 2.38. The highest BCUT2D eigenvalue weighted by atomic mass is 19.4. The number of halogens is 4. The van der Waals surface area contributed by atoms with Crippen LogP contribution in [-0.4, -0.2) is 57.6 Å². The number of carboxylic acid groups (broad SMARTS) is 1. The summed E-state index contributed by atoms with van der Waals surface area (Å²) in [6.07, 6.45) is -0.0599. The fraction of sp³-hybridized carbons (Fsp3) is 0.476. The van der Waals surface area contributed by atoms with Gasteiger partial charge in [0.05, 0.1) is 30.1 Å². The molecule has 1 aromatic heterocycles. The van der Waals surface area contributed by atoms with Crippen molar-refractivity contribution < 1.29 is 37.0 Å². The van der Waals surface area contributed by atoms with E-state index in [0.29, 0.717) is 19.1 Å². The zero-order chi connectivity index (χ0) is 23.5. The maximum absolute atomic E-state index is 14.1. The fourth-order valence-corrected chi connectivity index (χ4v) is 3.49. The third-order valence-corrected chi connectivity index (χ3v) is 5.31. The third-order valence-electron chi connectivity index (χ3n) is 5.31. The van der Waals surface area contributed by atoms with Gasteiger partial charge in [0.25, 0.3) is 5.91 Å². The molecule has 7 nitrogen and oxygen atoms in total. The summed E-state index contributed by atoms with van der Waals surface area (Å²) in [5, 5.41) is 11.5. The number of carboxylic acids is 1. The van der Waals surface area contributed by atoms with Gasteiger partial charge in [-0.2, -0.15) is 18.3 Å². The lowest BCUT2D eigenvalue weighted by Gasteiger charge is -2.36. The van der Waals surface area contributed by atoms with Gasteiger partial charge in [-0.05, 0) is 42.9 Å². The quantitative estimate of drug-likeness (QED) is 0.697. The minimum Gasteiger partial charge on any atom is -0.475 e. The number of hydrogen-bond donors (Lipinski definition) is 1. The summed E-state index contributed by atoms with van der Waals surface area (Å²) < 4.78 is 53.5. The first kappa shape index (κ1) is 23.7. The lowest BCUT2D eigenvalue weighted by atomic mass is 9.99. The van der Waals surface area contributed by atoms with Gasteiger partial charge in [0, 0.05) is 20.2 Å². The molecule has 2 heterocycles. The summed E-state index contributed by atoms with van der Waals surface area (Å²) in [7, 11) is 1.88. The summed E-state index contributed by atoms with van der Waals surface area (Å²) in [6.45, 7) is 1.69. The van der Waals surface area contributed by atoms with Crippen molar-refractivity contribution in [2.75, 3.05) is 19.8 Å². The lowest BCUT2D eigenvalue weighted by Crippen LogP contribution is -2.43. The second-order valence-corrected chi connectivity index (χ2v) is 7.71. The molecule has 32 heavy (non-hydrogen) atoms. The molecule has 1 saturated carbocycles. The van der Waals surface area contributed by atoms with Crippen molar-refractivity contribution in [1.29, 1.82) is 0 Å². The molecule has 1 aliphatic carbocycles. The number of aliphatic carboxylic acids is 1. The summed E-state index contributed by atoms with van der Waals surface area (Å²) in [5.41, 5.74) is 2.24. The Bertz CT molecular complexity index is 972. The van der Waals surface area contributed by atoms with Crippen molar-refractivity contribution >= 4 is 11.9 Å². The number of carbonyl (C=O) groups is 2. The molecule has 11 heteroatoms. The van der Waals surface area contributed by atoms with Crippen molar-refractivity contribution in [3.8, 4) is 0 Å². The molecule has 1 unspecified atom stereocenters. The minimum absolute atomic E-state index is 0.111. The molecular weight excluding hydrogens is 434 g/mol. The van der Waals surface area contributed by atoms with Crippen LogP contribution in [0.15, 0.2) is 30.5 Å². The van der Waals surface area contributed by atoms with Crippen molar-refractivity contribution in [1.82, 2.24) is 14.7 Å². The van der Waals surface area contributed by atoms with E-state index in [1.54, 1.807) is 27.8 Å². The van der Waals surface area contributed by atoms with Gasteiger partial charge in [-0.15, -0.1) is 0 Å². The molecule has 4 rings (SSSR count). The molecule has 0 saturated heterocycles. The number of benzene rings is 1. The Labute approximate surface area is 181 Å². The zero-order valence-corrected chi connectivity index (χ0v) is 17.3. The molecular formula is C21H23F4N3O4. The standard InChI is InChI=1S/C19H22FN3O2.C2HF3O2/c1-22-18-14(10-21-22)8-9-23(17(18)12-25-11-13-6-7-13)19(24)15-4-2-3-5-16(15)20;3-2(4,5)1(6)7/h2-5,10,13,17H,6-9,11-12H2,1H3;(H,6,7). The molecule has 1 N–H and O–H groups in total. The Morgan fingerprint density at radius 3 is 2.47 bits per heavy atom. The number of carbonyl (C=O) groups excluding carboxylic acids is 1. The molecule has 1 atom stereocenters. The van der Waals surface area contributed by atoms with Gasteiger partial charge < -0.3 is 14.7 Å². The zero-order valence-electron chi connectivity index (χ0n) is 17.3. The Hall–Kier alpha value is -2.95. The van der Waals surface area contributed by atoms with Crippen LogP contribution >= 0.6 is 0 Å². The second kappa shape index (κ2) is 9.68. The molecule has 1 aromatic carbocycles. The predicted molar refractivity (Wildman–Crippen MR) is 104 cm³/mol. The molecule has 1 amide bonds. The summed E-state index contributed by atoms with van der Waals surface area (Å²) in [4.78, 5) is 23.6. The van der Waals surface area contributed by atoms with Crippen LogP contribution in [0.2, 0.25) is 0 Å². The monoisotopic (exact) mass is 457 g/mol. The topological polar surface area (TPSA) is 84.7 Å². The van der Waals surface area contributed by atoms with E-state index in [-0.39, 0.29) is 17.5 Å². The largest absolute Gasteiger partial charge is 0.490 e. The molecule has 2 aliphatic rings. The van der Waals surface area contributed by atoms with Gasteiger partial charge in [0.15, 0.2) is 0 Å². The van der Waals surface area contributed by atoms with Crippen LogP contribution in [0.3, 0.4) is 0 Å². The summed E-state index contributed by atoms with van der Waals surface area (Å²) in [5.74, 6) is -2.87. The molecule has 174 valence electrons. The second-order valence-electron chi connectivity index (χ2n) is 7.71. The Morgan fingerprint density at radius 2 is 1.88 bits per heavy atom. The SMILES string of the molecule is Cn1ncc2c1C(COCC1CC1)N(C(=O)c1ccccc1F)CC2.O=C(O)C(F)(F)F. The van der Waals surface area contributed by atoms with Crippen molar-refractivity contribution in [3.05, 3.63) is 53.1 Å². The minimum atomic E-state index is -5.08. The van der Waals surface area contributed by atoms with Crippen molar-refractivity contribution in [2.45, 2.75) is 31.5 Å². The van der Waals surface area contributed by atoms with Gasteiger partial charge in [0.1, 0.15) is 5.82 Å². The van der Waals surface area contributed by atoms with Crippen molar-refractivity contribution in [2.24, 2.45) is 13.0 Å². The van der Waals surface area contributed by atoms with Gasteiger partial charge in [-0.3, -0.25) is 9.48 Å². The normalized spacial score (nSPS) is 17.9. The van der Waals surface area contributed by atoms with Gasteiger partial charge in [0.2, 0.25) is 0 Å². The van der Waals surface area contributed by atoms with Crippen LogP contribution in [0.5, 0.6) is 0 Å². The lowest BCUT2D eigenvalue weighted by molar-refractivity contribution is -0.192. The average Bonchev–Trinajstić information content (AvgIpc) is 3.48. The first-order valence-electron chi connectivity index (χ1n) is 10.0. The smallest absolute Gasteiger partial charge is 0.475 e. The number of aryl methyl sites for hydroxylation is 1. The molecule has 0 bridgehead atoms. The number of hydrogen-bond acceptors (Lipinski definition) is 4. The average molecular weight is 457 g/mol. The first-order chi connectivity index (χ1) is 15.1. The van der Waals surface area contributed by atoms with E-state index >= 15 is 0 Å². The number of aromatic nitrogens is 2. The number of nitrogens with zero attached hydrogens (tertiary/aromatic N) is 3. The van der Waals surface area contributed by atoms with Crippen molar-refractivity contribution in [3.63, 3.8) is 0 Å². The van der Waals surface area contributed by atoms with E-state index in [1.807, 2.05) is 13.2 Å². The first-order valence-corrected chi connectivity index (χ1v) is 10.0. The summed E-state index contributed by atoms with van der Waals surface area (Å²) in [6, 6.07) is 5.91. The van der Waals surface area contributed by atoms with Gasteiger partial charge >= 0.3 is 12.1 Å². The number of ether oxygens (including phenoxy) is 1. The van der Waals surface area contributed by atoms with Gasteiger partial charge in [-0.25, -0.2) is 9.18 Å². The van der Waals surface area contributed by atoms with E-state index in [1.165, 1.54) is 18.9 Å². The number of rotatable bonds is 5. The Morgan fingerprint density at radius 1 is 1.22 bits per heavy atom. The maximum atomic E-state index is 14.1. The van der Waals surface area contributed by atoms with E-state index in [9.17, 15) is 22.4 Å². The maximum Gasteiger partial charge on any atom is 0.490 e. The highest BCUT2D eigenvalue weighted by Crippen LogP contribution is 2.33. The number of amides is 1. The van der Waals surface area contributed by atoms with E-state index in [2.05, 4.69) is 5.10 Å².